The number of unbranched alkanes of at least 4 members (excludes halogenated alkanes) is 25. The molecular formula is C66H117NO18. The Kier molecular flexibility index (Phi) is 43.7. The van der Waals surface area contributed by atoms with Crippen molar-refractivity contribution in [2.45, 2.75) is 324 Å². The molecule has 0 aliphatic carbocycles. The van der Waals surface area contributed by atoms with E-state index in [1.807, 2.05) is 6.08 Å². The van der Waals surface area contributed by atoms with Crippen molar-refractivity contribution in [2.75, 3.05) is 26.4 Å². The second-order valence-electron chi connectivity index (χ2n) is 23.6. The van der Waals surface area contributed by atoms with Gasteiger partial charge in [0.15, 0.2) is 18.9 Å². The Bertz CT molecular complexity index is 1780. The summed E-state index contributed by atoms with van der Waals surface area (Å²) in [4.78, 5) is 13.2. The van der Waals surface area contributed by atoms with Crippen LogP contribution in [0.25, 0.3) is 0 Å². The Morgan fingerprint density at radius 2 is 0.812 bits per heavy atom. The van der Waals surface area contributed by atoms with Crippen molar-refractivity contribution in [3.8, 4) is 0 Å². The molecule has 12 N–H and O–H groups in total. The molecule has 3 aliphatic heterocycles. The number of aliphatic hydroxyl groups is 11. The molecular weight excluding hydrogens is 1090 g/mol. The van der Waals surface area contributed by atoms with Crippen LogP contribution in [0.4, 0.5) is 0 Å². The van der Waals surface area contributed by atoms with Crippen molar-refractivity contribution in [3.63, 3.8) is 0 Å². The number of hydrogen-bond donors (Lipinski definition) is 12. The minimum absolute atomic E-state index is 0.243. The standard InChI is InChI=1S/C66H117NO18/c1-3-5-7-9-10-11-12-13-14-15-16-17-18-19-20-21-22-23-24-25-26-27-28-29-30-31-32-33-34-35-36-37-38-40-42-44-54(72)67-49(50(71)43-41-39-8-6-4-2)48-80-64-60(78)57(75)62(52(46-69)82-64)85-66-61(79)58(76)63(53(47-70)83-66)84-65-59(77)56(74)55(73)51(45-68)81-65/h5,7,10-11,13-14,16-17,41,43,49-53,55-66,68-71,73-79H,3-4,6,8-9,12,15,18-40,42,44-48H2,1-2H3,(H,67,72)/b7-5-,11-10-,14-13-,17-16-,43-41+. The summed E-state index contributed by atoms with van der Waals surface area (Å²) in [6, 6.07) is -0.968. The van der Waals surface area contributed by atoms with E-state index in [9.17, 15) is 61.0 Å². The Labute approximate surface area is 509 Å². The fourth-order valence-corrected chi connectivity index (χ4v) is 10.9. The molecule has 3 fully saturated rings. The van der Waals surface area contributed by atoms with Gasteiger partial charge in [0.2, 0.25) is 5.91 Å². The van der Waals surface area contributed by atoms with E-state index in [2.05, 4.69) is 67.8 Å². The first-order chi connectivity index (χ1) is 41.3. The molecule has 0 spiro atoms. The van der Waals surface area contributed by atoms with Crippen LogP contribution in [-0.4, -0.2) is 193 Å². The molecule has 0 aromatic carbocycles. The van der Waals surface area contributed by atoms with Gasteiger partial charge in [-0.2, -0.15) is 0 Å². The number of ether oxygens (including phenoxy) is 6. The third-order valence-electron chi connectivity index (χ3n) is 16.3. The molecule has 0 aromatic heterocycles. The lowest BCUT2D eigenvalue weighted by Gasteiger charge is -2.48. The lowest BCUT2D eigenvalue weighted by molar-refractivity contribution is -0.379. The van der Waals surface area contributed by atoms with Crippen molar-refractivity contribution in [2.24, 2.45) is 0 Å². The average Bonchev–Trinajstić information content (AvgIpc) is 2.21. The Hall–Kier alpha value is -2.51. The van der Waals surface area contributed by atoms with Gasteiger partial charge < -0.3 is 89.9 Å². The molecule has 19 nitrogen and oxygen atoms in total. The molecule has 0 saturated carbocycles. The summed E-state index contributed by atoms with van der Waals surface area (Å²) >= 11 is 0. The highest BCUT2D eigenvalue weighted by Crippen LogP contribution is 2.33. The predicted octanol–water partition coefficient (Wildman–Crippen LogP) is 7.60. The Balaban J connectivity index is 1.26. The van der Waals surface area contributed by atoms with Gasteiger partial charge in [0.05, 0.1) is 38.6 Å². The molecule has 0 bridgehead atoms. The van der Waals surface area contributed by atoms with Crippen molar-refractivity contribution in [1.82, 2.24) is 5.32 Å². The lowest BCUT2D eigenvalue weighted by Crippen LogP contribution is -2.66. The number of carbonyl (C=O) groups is 1. The van der Waals surface area contributed by atoms with Crippen LogP contribution in [0.3, 0.4) is 0 Å². The van der Waals surface area contributed by atoms with E-state index in [-0.39, 0.29) is 18.9 Å². The molecule has 17 atom stereocenters. The van der Waals surface area contributed by atoms with E-state index < -0.39 is 124 Å². The minimum atomic E-state index is -1.98. The number of nitrogens with one attached hydrogen (secondary N) is 1. The topological polar surface area (TPSA) is 307 Å². The fraction of sp³-hybridized carbons (Fsp3) is 0.833. The number of amides is 1. The summed E-state index contributed by atoms with van der Waals surface area (Å²) in [5.74, 6) is -0.282. The van der Waals surface area contributed by atoms with Crippen LogP contribution in [0.15, 0.2) is 60.8 Å². The third-order valence-corrected chi connectivity index (χ3v) is 16.3. The predicted molar refractivity (Wildman–Crippen MR) is 328 cm³/mol. The van der Waals surface area contributed by atoms with Gasteiger partial charge in [0.25, 0.3) is 0 Å². The number of allylic oxidation sites excluding steroid dienone is 9. The van der Waals surface area contributed by atoms with Crippen LogP contribution in [0.2, 0.25) is 0 Å². The number of aliphatic hydroxyl groups excluding tert-OH is 11. The van der Waals surface area contributed by atoms with Gasteiger partial charge in [-0.25, -0.2) is 0 Å². The van der Waals surface area contributed by atoms with Crippen molar-refractivity contribution in [1.29, 1.82) is 0 Å². The lowest BCUT2D eigenvalue weighted by atomic mass is 9.96. The SMILES string of the molecule is CC/C=C\C/C=C\C/C=C\C/C=C\CCCCCCCCCCCCCCCCCCCCCCCCC(=O)NC(COC1OC(CO)C(OC2OC(CO)C(OC3OC(CO)C(O)C(O)C3O)C(O)C2O)C(O)C1O)C(O)/C=C/CCCCC. The molecule has 3 heterocycles. The van der Waals surface area contributed by atoms with Gasteiger partial charge in [-0.1, -0.05) is 216 Å². The van der Waals surface area contributed by atoms with E-state index in [1.54, 1.807) is 6.08 Å². The van der Waals surface area contributed by atoms with Crippen LogP contribution in [0, 0.1) is 0 Å². The molecule has 19 heteroatoms. The van der Waals surface area contributed by atoms with Crippen LogP contribution in [0.5, 0.6) is 0 Å². The smallest absolute Gasteiger partial charge is 0.220 e. The largest absolute Gasteiger partial charge is 0.394 e. The average molecular weight is 1210 g/mol. The molecule has 17 unspecified atom stereocenters. The number of carbonyl (C=O) groups excluding carboxylic acids is 1. The maximum atomic E-state index is 13.2. The first kappa shape index (κ1) is 76.7. The summed E-state index contributed by atoms with van der Waals surface area (Å²) in [5, 5.41) is 120. The van der Waals surface area contributed by atoms with Gasteiger partial charge >= 0.3 is 0 Å². The highest BCUT2D eigenvalue weighted by atomic mass is 16.8. The minimum Gasteiger partial charge on any atom is -0.394 e. The van der Waals surface area contributed by atoms with E-state index >= 15 is 0 Å². The monoisotopic (exact) mass is 1210 g/mol. The summed E-state index contributed by atoms with van der Waals surface area (Å²) in [7, 11) is 0. The second-order valence-corrected chi connectivity index (χ2v) is 23.6. The number of rotatable bonds is 49. The molecule has 3 saturated heterocycles. The first-order valence-electron chi connectivity index (χ1n) is 33.0. The van der Waals surface area contributed by atoms with Gasteiger partial charge in [-0.15, -0.1) is 0 Å². The van der Waals surface area contributed by atoms with Crippen LogP contribution in [-0.2, 0) is 33.2 Å². The normalized spacial score (nSPS) is 29.4. The summed E-state index contributed by atoms with van der Waals surface area (Å²) in [6.45, 7) is 1.48. The van der Waals surface area contributed by atoms with Crippen molar-refractivity contribution in [3.05, 3.63) is 60.8 Å². The van der Waals surface area contributed by atoms with Gasteiger partial charge in [-0.3, -0.25) is 4.79 Å². The maximum absolute atomic E-state index is 13.2. The van der Waals surface area contributed by atoms with Crippen molar-refractivity contribution < 1.29 is 89.4 Å². The van der Waals surface area contributed by atoms with E-state index in [0.717, 1.165) is 70.6 Å². The Morgan fingerprint density at radius 1 is 0.435 bits per heavy atom. The summed E-state index contributed by atoms with van der Waals surface area (Å²) in [6.07, 6.45) is 31.7. The quantitative estimate of drug-likeness (QED) is 0.0206. The van der Waals surface area contributed by atoms with E-state index in [4.69, 9.17) is 28.4 Å². The summed E-state index contributed by atoms with van der Waals surface area (Å²) < 4.78 is 34.1. The zero-order valence-corrected chi connectivity index (χ0v) is 51.8. The van der Waals surface area contributed by atoms with Crippen molar-refractivity contribution >= 4 is 5.91 Å². The molecule has 0 aromatic rings. The summed E-state index contributed by atoms with van der Waals surface area (Å²) in [5.41, 5.74) is 0. The maximum Gasteiger partial charge on any atom is 0.220 e. The number of hydrogen-bond acceptors (Lipinski definition) is 18. The van der Waals surface area contributed by atoms with E-state index in [1.165, 1.54) is 122 Å². The molecule has 3 rings (SSSR count). The zero-order valence-electron chi connectivity index (χ0n) is 51.8. The molecule has 1 amide bonds. The van der Waals surface area contributed by atoms with E-state index in [0.29, 0.717) is 6.42 Å². The second kappa shape index (κ2) is 48.4. The molecule has 0 radical (unpaired) electrons. The van der Waals surface area contributed by atoms with Gasteiger partial charge in [-0.05, 0) is 57.8 Å². The highest BCUT2D eigenvalue weighted by molar-refractivity contribution is 5.76. The molecule has 85 heavy (non-hydrogen) atoms. The first-order valence-corrected chi connectivity index (χ1v) is 33.0. The van der Waals surface area contributed by atoms with Gasteiger partial charge in [0.1, 0.15) is 73.2 Å². The highest BCUT2D eigenvalue weighted by Gasteiger charge is 2.53. The Morgan fingerprint density at radius 3 is 1.27 bits per heavy atom. The fourth-order valence-electron chi connectivity index (χ4n) is 10.9. The van der Waals surface area contributed by atoms with Crippen LogP contribution >= 0.6 is 0 Å². The van der Waals surface area contributed by atoms with Gasteiger partial charge in [0, 0.05) is 6.42 Å². The molecule has 494 valence electrons. The third kappa shape index (κ3) is 31.2. The molecule has 3 aliphatic rings. The van der Waals surface area contributed by atoms with Crippen LogP contribution < -0.4 is 5.32 Å². The zero-order chi connectivity index (χ0) is 61.9. The van der Waals surface area contributed by atoms with Crippen LogP contribution in [0.1, 0.15) is 219 Å².